The van der Waals surface area contributed by atoms with E-state index < -0.39 is 11.7 Å². The fourth-order valence-corrected chi connectivity index (χ4v) is 4.76. The maximum Gasteiger partial charge on any atom is 0.419 e. The number of halogens is 3. The van der Waals surface area contributed by atoms with Crippen LogP contribution in [0.15, 0.2) is 29.3 Å². The van der Waals surface area contributed by atoms with Crippen LogP contribution in [0.4, 0.5) is 24.5 Å². The predicted octanol–water partition coefficient (Wildman–Crippen LogP) is 5.54. The fourth-order valence-electron chi connectivity index (χ4n) is 4.76. The lowest BCUT2D eigenvalue weighted by Crippen LogP contribution is -2.40. The number of carbonyl (C=O) groups excluding carboxylic acids is 1. The van der Waals surface area contributed by atoms with E-state index in [0.717, 1.165) is 18.9 Å². The summed E-state index contributed by atoms with van der Waals surface area (Å²) < 4.78 is 47.8. The van der Waals surface area contributed by atoms with Crippen LogP contribution < -0.4 is 9.22 Å². The second-order valence-corrected chi connectivity index (χ2v) is 10.4. The van der Waals surface area contributed by atoms with Crippen molar-refractivity contribution < 1.29 is 22.7 Å². The summed E-state index contributed by atoms with van der Waals surface area (Å²) >= 11 is 0. The number of pyridine rings is 1. The summed E-state index contributed by atoms with van der Waals surface area (Å²) in [5, 5.41) is 9.53. The number of benzene rings is 1. The van der Waals surface area contributed by atoms with Gasteiger partial charge in [0.25, 0.3) is 0 Å². The van der Waals surface area contributed by atoms with Crippen LogP contribution in [0, 0.1) is 23.2 Å². The highest BCUT2D eigenvalue weighted by Gasteiger charge is 2.36. The number of hydrogen-bond donors (Lipinski definition) is 0. The third-order valence-corrected chi connectivity index (χ3v) is 6.96. The van der Waals surface area contributed by atoms with Crippen molar-refractivity contribution in [2.45, 2.75) is 39.3 Å². The van der Waals surface area contributed by atoms with E-state index in [2.05, 4.69) is 9.98 Å². The van der Waals surface area contributed by atoms with Crippen molar-refractivity contribution in [3.8, 4) is 23.1 Å². The van der Waals surface area contributed by atoms with E-state index >= 15 is 0 Å². The molecule has 7 nitrogen and oxygen atoms in total. The Hall–Kier alpha value is -3.45. The van der Waals surface area contributed by atoms with Crippen LogP contribution >= 0.6 is 0 Å². The van der Waals surface area contributed by atoms with E-state index in [1.165, 1.54) is 12.1 Å². The number of likely N-dealkylation sites (tertiary alicyclic amines) is 1. The van der Waals surface area contributed by atoms with Gasteiger partial charge in [-0.1, -0.05) is 13.8 Å². The largest absolute Gasteiger partial charge is 0.493 e. The lowest BCUT2D eigenvalue weighted by Gasteiger charge is -2.33. The second-order valence-electron chi connectivity index (χ2n) is 10.4. The van der Waals surface area contributed by atoms with Gasteiger partial charge in [-0.15, -0.1) is 0 Å². The zero-order chi connectivity index (χ0) is 27.0. The molecule has 0 radical (unpaired) electrons. The second kappa shape index (κ2) is 10.1. The standard InChI is InChI=1S/C27H31F3N5O2/c1-17(2)26(36)34-10-7-18(8-11-34)9-12-37-24-6-5-19(13-20(24)27(28,29)30)21-14-23-25(22(15-31)33-21)32-16-35(23,3)4/h5-6,13-14,16-18H,7-12H2,1-4H3/q+1. The van der Waals surface area contributed by atoms with E-state index in [1.54, 1.807) is 12.4 Å². The highest BCUT2D eigenvalue weighted by Crippen LogP contribution is 2.42. The van der Waals surface area contributed by atoms with Gasteiger partial charge in [-0.3, -0.25) is 9.28 Å². The molecule has 37 heavy (non-hydrogen) atoms. The third-order valence-electron chi connectivity index (χ3n) is 6.96. The van der Waals surface area contributed by atoms with Crippen molar-refractivity contribution in [3.05, 3.63) is 35.5 Å². The molecule has 196 valence electrons. The van der Waals surface area contributed by atoms with Crippen LogP contribution in [-0.4, -0.2) is 55.9 Å². The van der Waals surface area contributed by atoms with Gasteiger partial charge < -0.3 is 9.64 Å². The molecule has 4 rings (SSSR count). The van der Waals surface area contributed by atoms with Crippen LogP contribution in [0.1, 0.15) is 44.4 Å². The summed E-state index contributed by atoms with van der Waals surface area (Å²) in [7, 11) is 3.73. The molecule has 0 bridgehead atoms. The SMILES string of the molecule is CC(C)C(=O)N1CCC(CCOc2ccc(-c3cc4c(c(C#N)n3)N=C[N+]4(C)C)cc2C(F)(F)F)CC1. The number of aromatic nitrogens is 1. The average molecular weight is 515 g/mol. The maximum absolute atomic E-state index is 14.0. The number of carbonyl (C=O) groups is 1. The minimum absolute atomic E-state index is 0.0407. The van der Waals surface area contributed by atoms with Crippen LogP contribution in [0.5, 0.6) is 5.75 Å². The van der Waals surface area contributed by atoms with Crippen molar-refractivity contribution in [1.82, 2.24) is 14.4 Å². The number of nitrogens with zero attached hydrogens (tertiary/aromatic N) is 5. The van der Waals surface area contributed by atoms with E-state index in [0.29, 0.717) is 36.8 Å². The Kier molecular flexibility index (Phi) is 7.29. The van der Waals surface area contributed by atoms with Crippen molar-refractivity contribution in [1.29, 1.82) is 5.26 Å². The van der Waals surface area contributed by atoms with E-state index in [4.69, 9.17) is 4.74 Å². The zero-order valence-corrected chi connectivity index (χ0v) is 21.5. The molecular weight excluding hydrogens is 483 g/mol. The summed E-state index contributed by atoms with van der Waals surface area (Å²) in [6.07, 6.45) is -0.719. The molecule has 0 spiro atoms. The van der Waals surface area contributed by atoms with Gasteiger partial charge >= 0.3 is 6.18 Å². The summed E-state index contributed by atoms with van der Waals surface area (Å²) in [5.74, 6) is 0.166. The number of fused-ring (bicyclic) bond motifs is 1. The molecule has 1 amide bonds. The number of aliphatic imine (C=N–C) groups is 1. The molecule has 2 aliphatic heterocycles. The number of nitriles is 1. The molecule has 0 atom stereocenters. The molecule has 2 aliphatic rings. The maximum atomic E-state index is 14.0. The van der Waals surface area contributed by atoms with Gasteiger partial charge in [-0.25, -0.2) is 4.98 Å². The highest BCUT2D eigenvalue weighted by atomic mass is 19.4. The van der Waals surface area contributed by atoms with Crippen LogP contribution in [0.2, 0.25) is 0 Å². The monoisotopic (exact) mass is 514 g/mol. The van der Waals surface area contributed by atoms with Gasteiger partial charge in [0.2, 0.25) is 5.91 Å². The zero-order valence-electron chi connectivity index (χ0n) is 21.5. The molecular formula is C27H31F3N5O2+. The summed E-state index contributed by atoms with van der Waals surface area (Å²) in [6.45, 7) is 5.25. The molecule has 2 aromatic rings. The first-order chi connectivity index (χ1) is 17.4. The van der Waals surface area contributed by atoms with Crippen LogP contribution in [0.25, 0.3) is 11.3 Å². The number of rotatable bonds is 6. The van der Waals surface area contributed by atoms with Gasteiger partial charge in [0.1, 0.15) is 11.8 Å². The number of hydrogen-bond acceptors (Lipinski definition) is 5. The van der Waals surface area contributed by atoms with E-state index in [-0.39, 0.29) is 45.6 Å². The minimum Gasteiger partial charge on any atom is -0.493 e. The van der Waals surface area contributed by atoms with Crippen LogP contribution in [-0.2, 0) is 11.0 Å². The van der Waals surface area contributed by atoms with Crippen molar-refractivity contribution in [2.24, 2.45) is 16.8 Å². The Bertz CT molecular complexity index is 1260. The third kappa shape index (κ3) is 5.62. The topological polar surface area (TPSA) is 78.6 Å². The Balaban J connectivity index is 1.49. The van der Waals surface area contributed by atoms with Gasteiger partial charge in [-0.2, -0.15) is 23.4 Å². The molecule has 0 saturated carbocycles. The molecule has 1 saturated heterocycles. The first-order valence-corrected chi connectivity index (χ1v) is 12.4. The Labute approximate surface area is 214 Å². The molecule has 0 aliphatic carbocycles. The van der Waals surface area contributed by atoms with Gasteiger partial charge in [0.05, 0.1) is 32.0 Å². The summed E-state index contributed by atoms with van der Waals surface area (Å²) in [6, 6.07) is 7.56. The lowest BCUT2D eigenvalue weighted by molar-refractivity contribution is -0.139. The average Bonchev–Trinajstić information content (AvgIpc) is 3.17. The number of alkyl halides is 3. The van der Waals surface area contributed by atoms with Crippen LogP contribution in [0.3, 0.4) is 0 Å². The van der Waals surface area contributed by atoms with Crippen molar-refractivity contribution >= 4 is 23.6 Å². The smallest absolute Gasteiger partial charge is 0.419 e. The van der Waals surface area contributed by atoms with Gasteiger partial charge in [0, 0.05) is 30.6 Å². The number of quaternary nitrogens is 1. The van der Waals surface area contributed by atoms with Gasteiger partial charge in [-0.05, 0) is 43.4 Å². The Morgan fingerprint density at radius 2 is 1.95 bits per heavy atom. The normalized spacial score (nSPS) is 17.1. The predicted molar refractivity (Wildman–Crippen MR) is 135 cm³/mol. The number of amides is 1. The van der Waals surface area contributed by atoms with E-state index in [1.807, 2.05) is 38.9 Å². The fraction of sp³-hybridized carbons (Fsp3) is 0.481. The summed E-state index contributed by atoms with van der Waals surface area (Å²) in [5.41, 5.74) is 0.832. The minimum atomic E-state index is -4.62. The molecule has 0 unspecified atom stereocenters. The number of piperidine rings is 1. The van der Waals surface area contributed by atoms with Crippen molar-refractivity contribution in [2.75, 3.05) is 33.8 Å². The summed E-state index contributed by atoms with van der Waals surface area (Å²) in [4.78, 5) is 22.6. The molecule has 1 aromatic carbocycles. The Morgan fingerprint density at radius 1 is 1.24 bits per heavy atom. The quantitative estimate of drug-likeness (QED) is 0.474. The molecule has 3 heterocycles. The Morgan fingerprint density at radius 3 is 2.57 bits per heavy atom. The molecule has 1 fully saturated rings. The first kappa shape index (κ1) is 26.6. The lowest BCUT2D eigenvalue weighted by atomic mass is 9.93. The molecule has 1 aromatic heterocycles. The molecule has 10 heteroatoms. The van der Waals surface area contributed by atoms with E-state index in [9.17, 15) is 23.2 Å². The van der Waals surface area contributed by atoms with Gasteiger partial charge in [0.15, 0.2) is 23.4 Å². The first-order valence-electron chi connectivity index (χ1n) is 12.4. The highest BCUT2D eigenvalue weighted by molar-refractivity contribution is 5.91. The van der Waals surface area contributed by atoms with Crippen molar-refractivity contribution in [3.63, 3.8) is 0 Å². The molecule has 0 N–H and O–H groups in total. The number of ether oxygens (including phenoxy) is 1.